The Morgan fingerprint density at radius 3 is 2.64 bits per heavy atom. The molecule has 1 aliphatic rings. The number of nitrogens with zero attached hydrogens (tertiary/aromatic N) is 2. The SMILES string of the molecule is O=C(NC1(C(=O)O)CCC1)c1ccc(-n2cccn2)c(F)c1. The average Bonchev–Trinajstić information content (AvgIpc) is 2.95. The van der Waals surface area contributed by atoms with Gasteiger partial charge >= 0.3 is 5.97 Å². The monoisotopic (exact) mass is 303 g/mol. The zero-order valence-corrected chi connectivity index (χ0v) is 11.6. The summed E-state index contributed by atoms with van der Waals surface area (Å²) in [7, 11) is 0. The number of nitrogens with one attached hydrogen (secondary N) is 1. The van der Waals surface area contributed by atoms with E-state index < -0.39 is 23.2 Å². The van der Waals surface area contributed by atoms with E-state index in [1.165, 1.54) is 23.0 Å². The van der Waals surface area contributed by atoms with Crippen LogP contribution >= 0.6 is 0 Å². The summed E-state index contributed by atoms with van der Waals surface area (Å²) in [6.07, 6.45) is 4.64. The molecule has 0 bridgehead atoms. The predicted molar refractivity (Wildman–Crippen MR) is 75.2 cm³/mol. The van der Waals surface area contributed by atoms with E-state index in [9.17, 15) is 19.1 Å². The van der Waals surface area contributed by atoms with Crippen LogP contribution in [0, 0.1) is 5.82 Å². The van der Waals surface area contributed by atoms with Gasteiger partial charge in [-0.15, -0.1) is 0 Å². The van der Waals surface area contributed by atoms with Crippen LogP contribution in [0.3, 0.4) is 0 Å². The second kappa shape index (κ2) is 5.25. The predicted octanol–water partition coefficient (Wildman–Crippen LogP) is 1.75. The smallest absolute Gasteiger partial charge is 0.329 e. The van der Waals surface area contributed by atoms with Gasteiger partial charge < -0.3 is 10.4 Å². The van der Waals surface area contributed by atoms with Gasteiger partial charge in [-0.2, -0.15) is 5.10 Å². The number of halogens is 1. The number of carbonyl (C=O) groups excluding carboxylic acids is 1. The first-order valence-corrected chi connectivity index (χ1v) is 6.87. The van der Waals surface area contributed by atoms with Crippen molar-refractivity contribution in [3.8, 4) is 5.69 Å². The van der Waals surface area contributed by atoms with Crippen molar-refractivity contribution in [3.63, 3.8) is 0 Å². The third-order valence-corrected chi connectivity index (χ3v) is 3.93. The fourth-order valence-electron chi connectivity index (χ4n) is 2.46. The van der Waals surface area contributed by atoms with Crippen LogP contribution in [0.5, 0.6) is 0 Å². The molecule has 1 fully saturated rings. The van der Waals surface area contributed by atoms with Crippen molar-refractivity contribution in [2.75, 3.05) is 0 Å². The lowest BCUT2D eigenvalue weighted by Gasteiger charge is -2.38. The average molecular weight is 303 g/mol. The van der Waals surface area contributed by atoms with Crippen LogP contribution in [0.4, 0.5) is 4.39 Å². The summed E-state index contributed by atoms with van der Waals surface area (Å²) in [5, 5.41) is 15.6. The number of amides is 1. The Morgan fingerprint density at radius 2 is 2.14 bits per heavy atom. The Bertz CT molecular complexity index is 724. The summed E-state index contributed by atoms with van der Waals surface area (Å²) in [6, 6.07) is 5.63. The second-order valence-electron chi connectivity index (χ2n) is 5.31. The molecular formula is C15H14FN3O3. The molecule has 114 valence electrons. The highest BCUT2D eigenvalue weighted by atomic mass is 19.1. The molecule has 6 nitrogen and oxygen atoms in total. The standard InChI is InChI=1S/C15H14FN3O3/c16-11-9-10(3-4-12(11)19-8-2-7-17-19)13(20)18-15(14(21)22)5-1-6-15/h2-4,7-9H,1,5-6H2,(H,18,20)(H,21,22). The lowest BCUT2D eigenvalue weighted by Crippen LogP contribution is -2.59. The number of rotatable bonds is 4. The van der Waals surface area contributed by atoms with Crippen molar-refractivity contribution in [2.45, 2.75) is 24.8 Å². The van der Waals surface area contributed by atoms with Crippen LogP contribution < -0.4 is 5.32 Å². The Labute approximate surface area is 125 Å². The Kier molecular flexibility index (Phi) is 3.40. The van der Waals surface area contributed by atoms with Gasteiger partial charge in [-0.1, -0.05) is 0 Å². The quantitative estimate of drug-likeness (QED) is 0.901. The normalized spacial score (nSPS) is 15.9. The summed E-state index contributed by atoms with van der Waals surface area (Å²) in [5.41, 5.74) is -0.909. The number of carboxylic acids is 1. The topological polar surface area (TPSA) is 84.2 Å². The third kappa shape index (κ3) is 2.34. The van der Waals surface area contributed by atoms with Gasteiger partial charge in [0.2, 0.25) is 0 Å². The van der Waals surface area contributed by atoms with Crippen molar-refractivity contribution in [1.29, 1.82) is 0 Å². The molecule has 0 saturated heterocycles. The highest BCUT2D eigenvalue weighted by Crippen LogP contribution is 2.32. The summed E-state index contributed by atoms with van der Waals surface area (Å²) < 4.78 is 15.5. The molecule has 0 radical (unpaired) electrons. The van der Waals surface area contributed by atoms with Crippen molar-refractivity contribution in [2.24, 2.45) is 0 Å². The maximum absolute atomic E-state index is 14.1. The molecular weight excluding hydrogens is 289 g/mol. The first-order valence-electron chi connectivity index (χ1n) is 6.87. The number of aromatic nitrogens is 2. The molecule has 1 heterocycles. The molecule has 7 heteroatoms. The molecule has 2 N–H and O–H groups in total. The molecule has 0 atom stereocenters. The van der Waals surface area contributed by atoms with E-state index in [0.717, 1.165) is 12.5 Å². The van der Waals surface area contributed by atoms with E-state index in [-0.39, 0.29) is 11.3 Å². The van der Waals surface area contributed by atoms with Crippen molar-refractivity contribution < 1.29 is 19.1 Å². The molecule has 3 rings (SSSR count). The van der Waals surface area contributed by atoms with Gasteiger partial charge in [-0.25, -0.2) is 13.9 Å². The van der Waals surface area contributed by atoms with Gasteiger partial charge in [0.15, 0.2) is 0 Å². The summed E-state index contributed by atoms with van der Waals surface area (Å²) >= 11 is 0. The largest absolute Gasteiger partial charge is 0.480 e. The van der Waals surface area contributed by atoms with Crippen LogP contribution in [-0.4, -0.2) is 32.3 Å². The highest BCUT2D eigenvalue weighted by molar-refractivity contribution is 5.98. The lowest BCUT2D eigenvalue weighted by molar-refractivity contribution is -0.148. The van der Waals surface area contributed by atoms with Gasteiger partial charge in [0.25, 0.3) is 5.91 Å². The van der Waals surface area contributed by atoms with E-state index in [4.69, 9.17) is 0 Å². The van der Waals surface area contributed by atoms with Crippen LogP contribution in [0.25, 0.3) is 5.69 Å². The molecule has 1 aromatic heterocycles. The first kappa shape index (κ1) is 14.2. The van der Waals surface area contributed by atoms with E-state index in [1.807, 2.05) is 0 Å². The number of carbonyl (C=O) groups is 2. The Morgan fingerprint density at radius 1 is 1.36 bits per heavy atom. The van der Waals surface area contributed by atoms with Gasteiger partial charge in [0.1, 0.15) is 17.0 Å². The van der Waals surface area contributed by atoms with Crippen molar-refractivity contribution in [1.82, 2.24) is 15.1 Å². The van der Waals surface area contributed by atoms with E-state index in [1.54, 1.807) is 12.3 Å². The van der Waals surface area contributed by atoms with Gasteiger partial charge in [0.05, 0.1) is 0 Å². The van der Waals surface area contributed by atoms with Crippen LogP contribution in [-0.2, 0) is 4.79 Å². The van der Waals surface area contributed by atoms with Crippen LogP contribution in [0.2, 0.25) is 0 Å². The van der Waals surface area contributed by atoms with Gasteiger partial charge in [0, 0.05) is 18.0 Å². The summed E-state index contributed by atoms with van der Waals surface area (Å²) in [5.74, 6) is -2.25. The molecule has 1 aromatic carbocycles. The van der Waals surface area contributed by atoms with Gasteiger partial charge in [-0.3, -0.25) is 4.79 Å². The fourth-order valence-corrected chi connectivity index (χ4v) is 2.46. The van der Waals surface area contributed by atoms with E-state index in [0.29, 0.717) is 12.8 Å². The van der Waals surface area contributed by atoms with Crippen LogP contribution in [0.1, 0.15) is 29.6 Å². The maximum Gasteiger partial charge on any atom is 0.329 e. The van der Waals surface area contributed by atoms with E-state index in [2.05, 4.69) is 10.4 Å². The minimum atomic E-state index is -1.21. The number of benzene rings is 1. The minimum Gasteiger partial charge on any atom is -0.480 e. The molecule has 1 aliphatic carbocycles. The minimum absolute atomic E-state index is 0.0842. The van der Waals surface area contributed by atoms with Crippen LogP contribution in [0.15, 0.2) is 36.7 Å². The zero-order chi connectivity index (χ0) is 15.7. The number of aliphatic carboxylic acids is 1. The molecule has 1 amide bonds. The molecule has 1 saturated carbocycles. The summed E-state index contributed by atoms with van der Waals surface area (Å²) in [6.45, 7) is 0. The maximum atomic E-state index is 14.1. The fraction of sp³-hybridized carbons (Fsp3) is 0.267. The summed E-state index contributed by atoms with van der Waals surface area (Å²) in [4.78, 5) is 23.4. The molecule has 0 unspecified atom stereocenters. The highest BCUT2D eigenvalue weighted by Gasteiger charge is 2.45. The zero-order valence-electron chi connectivity index (χ0n) is 11.6. The number of hydrogen-bond donors (Lipinski definition) is 2. The van der Waals surface area contributed by atoms with Crippen molar-refractivity contribution >= 4 is 11.9 Å². The molecule has 0 spiro atoms. The third-order valence-electron chi connectivity index (χ3n) is 3.93. The Hall–Kier alpha value is -2.70. The molecule has 22 heavy (non-hydrogen) atoms. The van der Waals surface area contributed by atoms with Crippen molar-refractivity contribution in [3.05, 3.63) is 48.0 Å². The van der Waals surface area contributed by atoms with Gasteiger partial charge in [-0.05, 0) is 43.5 Å². The first-order chi connectivity index (χ1) is 10.5. The number of hydrogen-bond acceptors (Lipinski definition) is 3. The Balaban J connectivity index is 1.82. The second-order valence-corrected chi connectivity index (χ2v) is 5.31. The molecule has 0 aliphatic heterocycles. The lowest BCUT2D eigenvalue weighted by atomic mass is 9.76. The molecule has 2 aromatic rings. The number of carboxylic acid groups (broad SMARTS) is 1. The van der Waals surface area contributed by atoms with E-state index >= 15 is 0 Å².